The van der Waals surface area contributed by atoms with Crippen LogP contribution in [0.3, 0.4) is 0 Å². The molecule has 1 atom stereocenters. The summed E-state index contributed by atoms with van der Waals surface area (Å²) in [6.45, 7) is 11.2. The minimum Gasteiger partial charge on any atom is -0.299 e. The zero-order valence-electron chi connectivity index (χ0n) is 10.3. The average molecular weight is 196 g/mol. The van der Waals surface area contributed by atoms with Crippen molar-refractivity contribution in [2.75, 3.05) is 0 Å². The molecule has 1 heteroatoms. The number of Topliss-reactive ketones (excluding diaryl/α,β-unsaturated/α-hetero) is 1. The third kappa shape index (κ3) is 2.83. The molecule has 0 aromatic rings. The van der Waals surface area contributed by atoms with Gasteiger partial charge in [0.2, 0.25) is 0 Å². The van der Waals surface area contributed by atoms with Crippen molar-refractivity contribution < 1.29 is 4.79 Å². The lowest BCUT2D eigenvalue weighted by atomic mass is 9.74. The molecule has 0 N–H and O–H groups in total. The maximum Gasteiger partial charge on any atom is 0.136 e. The van der Waals surface area contributed by atoms with E-state index >= 15 is 0 Å². The largest absolute Gasteiger partial charge is 0.299 e. The molecule has 1 nitrogen and oxygen atoms in total. The standard InChI is InChI=1S/C13H24O/c1-6-10-7-12(2,3)9-13(4,5)8-11(10)14/h10H,6-9H2,1-5H3. The average Bonchev–Trinajstić information content (AvgIpc) is 2.02. The zero-order valence-corrected chi connectivity index (χ0v) is 10.3. The molecular weight excluding hydrogens is 172 g/mol. The predicted molar refractivity (Wildman–Crippen MR) is 60.2 cm³/mol. The molecule has 0 bridgehead atoms. The van der Waals surface area contributed by atoms with Crippen molar-refractivity contribution in [3.05, 3.63) is 0 Å². The van der Waals surface area contributed by atoms with E-state index in [1.165, 1.54) is 6.42 Å². The van der Waals surface area contributed by atoms with Crippen LogP contribution in [0, 0.1) is 16.7 Å². The molecule has 1 rings (SSSR count). The number of hydrogen-bond donors (Lipinski definition) is 0. The zero-order chi connectivity index (χ0) is 11.0. The highest BCUT2D eigenvalue weighted by Gasteiger charge is 2.38. The number of carbonyl (C=O) groups excluding carboxylic acids is 1. The molecule has 1 unspecified atom stereocenters. The van der Waals surface area contributed by atoms with Gasteiger partial charge in [0.25, 0.3) is 0 Å². The number of hydrogen-bond acceptors (Lipinski definition) is 1. The van der Waals surface area contributed by atoms with Crippen molar-refractivity contribution in [1.29, 1.82) is 0 Å². The normalized spacial score (nSPS) is 31.2. The molecule has 1 fully saturated rings. The summed E-state index contributed by atoms with van der Waals surface area (Å²) in [6, 6.07) is 0. The SMILES string of the molecule is CCC1CC(C)(C)CC(C)(C)CC1=O. The van der Waals surface area contributed by atoms with Crippen LogP contribution in [0.15, 0.2) is 0 Å². The molecule has 0 heterocycles. The Morgan fingerprint density at radius 3 is 2.29 bits per heavy atom. The van der Waals surface area contributed by atoms with Gasteiger partial charge >= 0.3 is 0 Å². The summed E-state index contributed by atoms with van der Waals surface area (Å²) >= 11 is 0. The molecule has 0 aromatic heterocycles. The van der Waals surface area contributed by atoms with Crippen LogP contribution in [0.2, 0.25) is 0 Å². The van der Waals surface area contributed by atoms with Crippen LogP contribution in [0.5, 0.6) is 0 Å². The van der Waals surface area contributed by atoms with Gasteiger partial charge in [-0.05, 0) is 30.1 Å². The lowest BCUT2D eigenvalue weighted by Gasteiger charge is -2.31. The van der Waals surface area contributed by atoms with E-state index in [9.17, 15) is 4.79 Å². The number of rotatable bonds is 1. The number of carbonyl (C=O) groups is 1. The van der Waals surface area contributed by atoms with E-state index in [0.717, 1.165) is 19.3 Å². The van der Waals surface area contributed by atoms with Crippen molar-refractivity contribution in [3.8, 4) is 0 Å². The first-order valence-corrected chi connectivity index (χ1v) is 5.78. The summed E-state index contributed by atoms with van der Waals surface area (Å²) in [5.41, 5.74) is 0.529. The molecule has 14 heavy (non-hydrogen) atoms. The molecule has 1 aliphatic rings. The fourth-order valence-corrected chi connectivity index (χ4v) is 3.20. The smallest absolute Gasteiger partial charge is 0.136 e. The van der Waals surface area contributed by atoms with Crippen LogP contribution in [0.4, 0.5) is 0 Å². The molecule has 1 aliphatic carbocycles. The lowest BCUT2D eigenvalue weighted by molar-refractivity contribution is -0.124. The molecule has 0 spiro atoms. The Morgan fingerprint density at radius 1 is 1.21 bits per heavy atom. The second kappa shape index (κ2) is 3.67. The topological polar surface area (TPSA) is 17.1 Å². The fraction of sp³-hybridized carbons (Fsp3) is 0.923. The molecule has 0 amide bonds. The van der Waals surface area contributed by atoms with Gasteiger partial charge in [-0.25, -0.2) is 0 Å². The first kappa shape index (κ1) is 11.7. The molecule has 1 saturated carbocycles. The highest BCUT2D eigenvalue weighted by Crippen LogP contribution is 2.45. The second-order valence-electron chi connectivity index (χ2n) is 6.46. The summed E-state index contributed by atoms with van der Waals surface area (Å²) in [5.74, 6) is 0.801. The molecular formula is C13H24O. The van der Waals surface area contributed by atoms with Crippen molar-refractivity contribution in [2.45, 2.75) is 60.3 Å². The van der Waals surface area contributed by atoms with E-state index in [0.29, 0.717) is 17.1 Å². The van der Waals surface area contributed by atoms with Gasteiger partial charge in [0.15, 0.2) is 0 Å². The van der Waals surface area contributed by atoms with Gasteiger partial charge in [-0.15, -0.1) is 0 Å². The third-order valence-electron chi connectivity index (χ3n) is 3.36. The highest BCUT2D eigenvalue weighted by atomic mass is 16.1. The van der Waals surface area contributed by atoms with Crippen LogP contribution >= 0.6 is 0 Å². The maximum atomic E-state index is 11.9. The van der Waals surface area contributed by atoms with Gasteiger partial charge in [0, 0.05) is 12.3 Å². The summed E-state index contributed by atoms with van der Waals surface area (Å²) in [7, 11) is 0. The van der Waals surface area contributed by atoms with E-state index in [4.69, 9.17) is 0 Å². The summed E-state index contributed by atoms with van der Waals surface area (Å²) in [4.78, 5) is 11.9. The Kier molecular flexibility index (Phi) is 3.08. The van der Waals surface area contributed by atoms with E-state index < -0.39 is 0 Å². The maximum absolute atomic E-state index is 11.9. The van der Waals surface area contributed by atoms with E-state index in [-0.39, 0.29) is 5.41 Å². The Labute approximate surface area is 88.3 Å². The summed E-state index contributed by atoms with van der Waals surface area (Å²) in [5, 5.41) is 0. The minimum absolute atomic E-state index is 0.199. The Bertz CT molecular complexity index is 225. The number of ketones is 1. The first-order valence-electron chi connectivity index (χ1n) is 5.78. The van der Waals surface area contributed by atoms with Crippen molar-refractivity contribution in [1.82, 2.24) is 0 Å². The molecule has 0 aromatic carbocycles. The van der Waals surface area contributed by atoms with Crippen LogP contribution in [0.1, 0.15) is 60.3 Å². The fourth-order valence-electron chi connectivity index (χ4n) is 3.20. The predicted octanol–water partition coefficient (Wildman–Crippen LogP) is 3.82. The van der Waals surface area contributed by atoms with Crippen LogP contribution in [-0.2, 0) is 4.79 Å². The van der Waals surface area contributed by atoms with Crippen LogP contribution < -0.4 is 0 Å². The van der Waals surface area contributed by atoms with Gasteiger partial charge < -0.3 is 0 Å². The molecule has 0 saturated heterocycles. The highest BCUT2D eigenvalue weighted by molar-refractivity contribution is 5.81. The van der Waals surface area contributed by atoms with E-state index in [1.54, 1.807) is 0 Å². The van der Waals surface area contributed by atoms with E-state index in [2.05, 4.69) is 34.6 Å². The van der Waals surface area contributed by atoms with Crippen molar-refractivity contribution >= 4 is 5.78 Å². The lowest BCUT2D eigenvalue weighted by Crippen LogP contribution is -2.21. The second-order valence-corrected chi connectivity index (χ2v) is 6.46. The first-order chi connectivity index (χ1) is 6.26. The van der Waals surface area contributed by atoms with Gasteiger partial charge in [0.05, 0.1) is 0 Å². The molecule has 0 radical (unpaired) electrons. The molecule has 82 valence electrons. The van der Waals surface area contributed by atoms with Crippen molar-refractivity contribution in [2.24, 2.45) is 16.7 Å². The minimum atomic E-state index is 0.199. The van der Waals surface area contributed by atoms with Crippen molar-refractivity contribution in [3.63, 3.8) is 0 Å². The summed E-state index contributed by atoms with van der Waals surface area (Å²) < 4.78 is 0. The quantitative estimate of drug-likeness (QED) is 0.583. The van der Waals surface area contributed by atoms with Crippen LogP contribution in [-0.4, -0.2) is 5.78 Å². The van der Waals surface area contributed by atoms with Gasteiger partial charge in [-0.3, -0.25) is 4.79 Å². The monoisotopic (exact) mass is 196 g/mol. The van der Waals surface area contributed by atoms with Gasteiger partial charge in [-0.2, -0.15) is 0 Å². The Morgan fingerprint density at radius 2 is 1.79 bits per heavy atom. The van der Waals surface area contributed by atoms with E-state index in [1.807, 2.05) is 0 Å². The van der Waals surface area contributed by atoms with Gasteiger partial charge in [0.1, 0.15) is 5.78 Å². The molecule has 0 aliphatic heterocycles. The Hall–Kier alpha value is -0.330. The summed E-state index contributed by atoms with van der Waals surface area (Å²) in [6.07, 6.45) is 4.03. The van der Waals surface area contributed by atoms with Crippen LogP contribution in [0.25, 0.3) is 0 Å². The van der Waals surface area contributed by atoms with Gasteiger partial charge in [-0.1, -0.05) is 34.6 Å². The Balaban J connectivity index is 2.88. The third-order valence-corrected chi connectivity index (χ3v) is 3.36.